The second kappa shape index (κ2) is 7.87. The van der Waals surface area contributed by atoms with Gasteiger partial charge in [-0.1, -0.05) is 19.1 Å². The van der Waals surface area contributed by atoms with Gasteiger partial charge in [0.15, 0.2) is 0 Å². The van der Waals surface area contributed by atoms with Crippen molar-refractivity contribution >= 4 is 27.0 Å². The van der Waals surface area contributed by atoms with Crippen molar-refractivity contribution < 1.29 is 12.8 Å². The molecule has 0 aliphatic carbocycles. The number of halogens is 1. The highest BCUT2D eigenvalue weighted by Crippen LogP contribution is 2.28. The molecule has 0 aliphatic heterocycles. The number of anilines is 1. The van der Waals surface area contributed by atoms with E-state index >= 15 is 0 Å². The summed E-state index contributed by atoms with van der Waals surface area (Å²) in [5.41, 5.74) is 5.60. The monoisotopic (exact) mass is 404 g/mol. The zero-order chi connectivity index (χ0) is 20.5. The first kappa shape index (κ1) is 20.3. The molecule has 0 bridgehead atoms. The number of fused-ring (bicyclic) bond motifs is 1. The van der Waals surface area contributed by atoms with Gasteiger partial charge >= 0.3 is 0 Å². The van der Waals surface area contributed by atoms with Gasteiger partial charge in [0.1, 0.15) is 5.82 Å². The summed E-state index contributed by atoms with van der Waals surface area (Å²) in [7, 11) is -3.48. The van der Waals surface area contributed by atoms with Crippen LogP contribution >= 0.6 is 0 Å². The Labute approximate surface area is 164 Å². The van der Waals surface area contributed by atoms with Crippen LogP contribution in [0.25, 0.3) is 11.0 Å². The fraction of sp³-hybridized carbons (Fsp3) is 0.400. The molecule has 3 rings (SSSR count). The highest BCUT2D eigenvalue weighted by atomic mass is 32.2. The van der Waals surface area contributed by atoms with Crippen molar-refractivity contribution in [1.29, 1.82) is 0 Å². The quantitative estimate of drug-likeness (QED) is 0.651. The molecule has 0 saturated carbocycles. The van der Waals surface area contributed by atoms with Gasteiger partial charge in [-0.15, -0.1) is 0 Å². The maximum absolute atomic E-state index is 13.2. The maximum atomic E-state index is 13.2. The van der Waals surface area contributed by atoms with Crippen molar-refractivity contribution in [2.75, 3.05) is 11.0 Å². The summed E-state index contributed by atoms with van der Waals surface area (Å²) < 4.78 is 41.1. The molecule has 0 radical (unpaired) electrons. The Kier molecular flexibility index (Phi) is 5.69. The minimum Gasteiger partial charge on any atom is -0.342 e. The van der Waals surface area contributed by atoms with Crippen molar-refractivity contribution in [3.05, 3.63) is 52.6 Å². The summed E-state index contributed by atoms with van der Waals surface area (Å²) >= 11 is 0. The predicted molar refractivity (Wildman–Crippen MR) is 110 cm³/mol. The van der Waals surface area contributed by atoms with Crippen LogP contribution in [0.5, 0.6) is 0 Å². The number of sulfonamides is 1. The van der Waals surface area contributed by atoms with Gasteiger partial charge in [-0.25, -0.2) is 22.8 Å². The fourth-order valence-corrected chi connectivity index (χ4v) is 3.81. The first-order chi connectivity index (χ1) is 13.2. The Bertz CT molecular complexity index is 1110. The lowest BCUT2D eigenvalue weighted by Crippen LogP contribution is -2.14. The number of hydrogen-bond donors (Lipinski definition) is 1. The lowest BCUT2D eigenvalue weighted by atomic mass is 10.1. The summed E-state index contributed by atoms with van der Waals surface area (Å²) in [4.78, 5) is 9.00. The smallest absolute Gasteiger partial charge is 0.237 e. The van der Waals surface area contributed by atoms with Crippen LogP contribution in [0.3, 0.4) is 0 Å². The van der Waals surface area contributed by atoms with Crippen LogP contribution in [0.15, 0.2) is 24.3 Å². The van der Waals surface area contributed by atoms with Gasteiger partial charge in [-0.3, -0.25) is 4.72 Å². The van der Waals surface area contributed by atoms with Crippen LogP contribution < -0.4 is 4.72 Å². The third kappa shape index (κ3) is 4.32. The minimum atomic E-state index is -3.48. The lowest BCUT2D eigenvalue weighted by molar-refractivity contribution is 0.606. The van der Waals surface area contributed by atoms with Gasteiger partial charge in [0.05, 0.1) is 23.0 Å². The Balaban J connectivity index is 2.10. The highest BCUT2D eigenvalue weighted by Gasteiger charge is 2.19. The molecule has 2 heterocycles. The highest BCUT2D eigenvalue weighted by molar-refractivity contribution is 7.91. The van der Waals surface area contributed by atoms with Crippen LogP contribution in [0.1, 0.15) is 35.9 Å². The van der Waals surface area contributed by atoms with Crippen molar-refractivity contribution in [3.8, 4) is 0 Å². The summed E-state index contributed by atoms with van der Waals surface area (Å²) in [6.45, 7) is 6.98. The number of rotatable bonds is 7. The van der Waals surface area contributed by atoms with Crippen LogP contribution in [-0.4, -0.2) is 29.2 Å². The standard InChI is InChI=1S/C20H25FN4O2S/c1-5-12-25-14(3)13(2)18-19(25)17(22-20(23-18)24-28(4,26)27)11-8-15-6-9-16(21)10-7-15/h6-7,9-10H,5,8,11-12H2,1-4H3,(H,22,23,24). The molecule has 0 fully saturated rings. The number of benzene rings is 1. The van der Waals surface area contributed by atoms with E-state index in [1.807, 2.05) is 13.8 Å². The molecule has 8 heteroatoms. The molecule has 0 atom stereocenters. The molecule has 0 spiro atoms. The molecular weight excluding hydrogens is 379 g/mol. The first-order valence-electron chi connectivity index (χ1n) is 9.28. The molecular formula is C20H25FN4O2S. The van der Waals surface area contributed by atoms with Gasteiger partial charge in [0.25, 0.3) is 0 Å². The van der Waals surface area contributed by atoms with E-state index in [0.29, 0.717) is 12.8 Å². The molecule has 2 aromatic heterocycles. The maximum Gasteiger partial charge on any atom is 0.237 e. The van der Waals surface area contributed by atoms with E-state index in [1.54, 1.807) is 12.1 Å². The molecule has 1 aromatic carbocycles. The van der Waals surface area contributed by atoms with E-state index in [4.69, 9.17) is 0 Å². The predicted octanol–water partition coefficient (Wildman–Crippen LogP) is 3.75. The van der Waals surface area contributed by atoms with Crippen molar-refractivity contribution in [1.82, 2.24) is 14.5 Å². The largest absolute Gasteiger partial charge is 0.342 e. The summed E-state index contributed by atoms with van der Waals surface area (Å²) in [6, 6.07) is 6.39. The Morgan fingerprint density at radius 3 is 2.39 bits per heavy atom. The van der Waals surface area contributed by atoms with Crippen LogP contribution in [-0.2, 0) is 29.4 Å². The van der Waals surface area contributed by atoms with E-state index in [2.05, 4.69) is 26.2 Å². The van der Waals surface area contributed by atoms with E-state index in [-0.39, 0.29) is 11.8 Å². The number of aryl methyl sites for hydroxylation is 4. The van der Waals surface area contributed by atoms with Crippen LogP contribution in [0.4, 0.5) is 10.3 Å². The van der Waals surface area contributed by atoms with Gasteiger partial charge < -0.3 is 4.57 Å². The van der Waals surface area contributed by atoms with Crippen molar-refractivity contribution in [2.24, 2.45) is 0 Å². The van der Waals surface area contributed by atoms with E-state index in [1.165, 1.54) is 12.1 Å². The molecule has 6 nitrogen and oxygen atoms in total. The number of hydrogen-bond acceptors (Lipinski definition) is 4. The SMILES string of the molecule is CCCn1c(C)c(C)c2nc(NS(C)(=O)=O)nc(CCc3ccc(F)cc3)c21. The van der Waals surface area contributed by atoms with Gasteiger partial charge in [0.2, 0.25) is 16.0 Å². The van der Waals surface area contributed by atoms with E-state index in [0.717, 1.165) is 52.8 Å². The summed E-state index contributed by atoms with van der Waals surface area (Å²) in [5, 5.41) is 0. The Hall–Kier alpha value is -2.48. The molecule has 0 aliphatic rings. The third-order valence-corrected chi connectivity index (χ3v) is 5.37. The first-order valence-corrected chi connectivity index (χ1v) is 11.2. The second-order valence-corrected chi connectivity index (χ2v) is 8.80. The fourth-order valence-electron chi connectivity index (χ4n) is 3.39. The van der Waals surface area contributed by atoms with Crippen molar-refractivity contribution in [2.45, 2.75) is 46.6 Å². The molecule has 0 amide bonds. The molecule has 3 aromatic rings. The average Bonchev–Trinajstić information content (AvgIpc) is 2.85. The zero-order valence-electron chi connectivity index (χ0n) is 16.6. The molecule has 0 saturated heterocycles. The summed E-state index contributed by atoms with van der Waals surface area (Å²) in [6.07, 6.45) is 3.31. The van der Waals surface area contributed by atoms with Gasteiger partial charge in [-0.05, 0) is 56.4 Å². The van der Waals surface area contributed by atoms with Crippen molar-refractivity contribution in [3.63, 3.8) is 0 Å². The Morgan fingerprint density at radius 2 is 1.79 bits per heavy atom. The molecule has 1 N–H and O–H groups in total. The average molecular weight is 405 g/mol. The minimum absolute atomic E-state index is 0.0841. The molecule has 0 unspecified atom stereocenters. The second-order valence-electron chi connectivity index (χ2n) is 7.05. The van der Waals surface area contributed by atoms with E-state index < -0.39 is 10.0 Å². The normalized spacial score (nSPS) is 11.9. The number of nitrogens with one attached hydrogen (secondary N) is 1. The van der Waals surface area contributed by atoms with Gasteiger partial charge in [0, 0.05) is 12.2 Å². The molecule has 28 heavy (non-hydrogen) atoms. The number of aromatic nitrogens is 3. The lowest BCUT2D eigenvalue weighted by Gasteiger charge is -2.12. The summed E-state index contributed by atoms with van der Waals surface area (Å²) in [5.74, 6) is -0.184. The molecule has 150 valence electrons. The Morgan fingerprint density at radius 1 is 1.11 bits per heavy atom. The van der Waals surface area contributed by atoms with Crippen LogP contribution in [0.2, 0.25) is 0 Å². The number of nitrogens with zero attached hydrogens (tertiary/aromatic N) is 3. The van der Waals surface area contributed by atoms with Gasteiger partial charge in [-0.2, -0.15) is 0 Å². The topological polar surface area (TPSA) is 76.9 Å². The van der Waals surface area contributed by atoms with E-state index in [9.17, 15) is 12.8 Å². The third-order valence-electron chi connectivity index (χ3n) is 4.82. The van der Waals surface area contributed by atoms with Crippen LogP contribution in [0, 0.1) is 19.7 Å². The zero-order valence-corrected chi connectivity index (χ0v) is 17.4.